The number of anilines is 1. The molecule has 3 aromatic rings. The Bertz CT molecular complexity index is 896. The fourth-order valence-corrected chi connectivity index (χ4v) is 3.26. The molecule has 3 rings (SSSR count). The third-order valence-corrected chi connectivity index (χ3v) is 5.06. The van der Waals surface area contributed by atoms with Crippen LogP contribution in [0.3, 0.4) is 0 Å². The second kappa shape index (κ2) is 9.23. The molecule has 1 amide bonds. The van der Waals surface area contributed by atoms with E-state index in [1.165, 1.54) is 11.8 Å². The zero-order valence-electron chi connectivity index (χ0n) is 15.4. The van der Waals surface area contributed by atoms with Gasteiger partial charge in [-0.1, -0.05) is 55.1 Å². The topological polar surface area (TPSA) is 69.0 Å². The van der Waals surface area contributed by atoms with Gasteiger partial charge in [0.1, 0.15) is 12.4 Å². The number of carbonyl (C=O) groups is 1. The first-order valence-electron chi connectivity index (χ1n) is 8.74. The number of hydrogen-bond acceptors (Lipinski definition) is 5. The molecule has 0 bridgehead atoms. The van der Waals surface area contributed by atoms with Crippen molar-refractivity contribution in [2.75, 3.05) is 11.1 Å². The number of aryl methyl sites for hydroxylation is 1. The summed E-state index contributed by atoms with van der Waals surface area (Å²) in [5.74, 6) is 1.69. The quantitative estimate of drug-likeness (QED) is 0.602. The zero-order valence-corrected chi connectivity index (χ0v) is 16.2. The highest BCUT2D eigenvalue weighted by Crippen LogP contribution is 2.19. The minimum Gasteiger partial charge on any atom is -0.486 e. The number of carbonyl (C=O) groups excluding carboxylic acids is 1. The van der Waals surface area contributed by atoms with Gasteiger partial charge in [-0.2, -0.15) is 0 Å². The largest absolute Gasteiger partial charge is 0.486 e. The number of rotatable bonds is 8. The normalized spacial score (nSPS) is 10.6. The summed E-state index contributed by atoms with van der Waals surface area (Å²) in [7, 11) is 1.87. The van der Waals surface area contributed by atoms with Gasteiger partial charge >= 0.3 is 0 Å². The molecule has 1 aromatic heterocycles. The molecule has 0 saturated heterocycles. The van der Waals surface area contributed by atoms with E-state index in [0.29, 0.717) is 17.6 Å². The Hall–Kier alpha value is -2.80. The molecule has 0 atom stereocenters. The number of nitrogens with zero attached hydrogens (tertiary/aromatic N) is 3. The number of nitrogens with one attached hydrogen (secondary N) is 1. The Morgan fingerprint density at radius 3 is 2.63 bits per heavy atom. The SMILES string of the molecule is CCc1ccccc1NC(=O)CSc1nnc(COc2ccccc2)n1C. The molecule has 0 radical (unpaired) electrons. The summed E-state index contributed by atoms with van der Waals surface area (Å²) < 4.78 is 7.55. The van der Waals surface area contributed by atoms with Crippen LogP contribution in [0.5, 0.6) is 5.75 Å². The van der Waals surface area contributed by atoms with E-state index in [1.807, 2.05) is 66.2 Å². The lowest BCUT2D eigenvalue weighted by molar-refractivity contribution is -0.113. The minimum atomic E-state index is -0.0639. The van der Waals surface area contributed by atoms with Gasteiger partial charge in [0.15, 0.2) is 11.0 Å². The van der Waals surface area contributed by atoms with Crippen LogP contribution in [0, 0.1) is 0 Å². The highest BCUT2D eigenvalue weighted by Gasteiger charge is 2.13. The Kier molecular flexibility index (Phi) is 6.49. The molecule has 0 aliphatic carbocycles. The molecule has 0 aliphatic heterocycles. The first-order valence-corrected chi connectivity index (χ1v) is 9.72. The van der Waals surface area contributed by atoms with Crippen molar-refractivity contribution >= 4 is 23.4 Å². The third kappa shape index (κ3) is 5.10. The van der Waals surface area contributed by atoms with Crippen LogP contribution in [0.25, 0.3) is 0 Å². The van der Waals surface area contributed by atoms with Crippen molar-refractivity contribution < 1.29 is 9.53 Å². The molecule has 0 fully saturated rings. The lowest BCUT2D eigenvalue weighted by atomic mass is 10.1. The standard InChI is InChI=1S/C20H22N4O2S/c1-3-15-9-7-8-12-17(15)21-19(25)14-27-20-23-22-18(24(20)2)13-26-16-10-5-4-6-11-16/h4-12H,3,13-14H2,1-2H3,(H,21,25). The maximum absolute atomic E-state index is 12.3. The number of benzene rings is 2. The molecule has 27 heavy (non-hydrogen) atoms. The fourth-order valence-electron chi connectivity index (χ4n) is 2.53. The van der Waals surface area contributed by atoms with Crippen molar-refractivity contribution in [3.05, 3.63) is 66.0 Å². The van der Waals surface area contributed by atoms with Gasteiger partial charge in [0.25, 0.3) is 0 Å². The maximum atomic E-state index is 12.3. The van der Waals surface area contributed by atoms with E-state index in [4.69, 9.17) is 4.74 Å². The predicted molar refractivity (Wildman–Crippen MR) is 107 cm³/mol. The van der Waals surface area contributed by atoms with Crippen LogP contribution < -0.4 is 10.1 Å². The second-order valence-corrected chi connectivity index (χ2v) is 6.85. The number of thioether (sulfide) groups is 1. The summed E-state index contributed by atoms with van der Waals surface area (Å²) in [5, 5.41) is 12.0. The fraction of sp³-hybridized carbons (Fsp3) is 0.250. The van der Waals surface area contributed by atoms with Crippen molar-refractivity contribution in [2.45, 2.75) is 25.1 Å². The summed E-state index contributed by atoms with van der Waals surface area (Å²) in [6.45, 7) is 2.39. The molecular weight excluding hydrogens is 360 g/mol. The number of hydrogen-bond donors (Lipinski definition) is 1. The van der Waals surface area contributed by atoms with Crippen LogP contribution in [0.15, 0.2) is 59.8 Å². The lowest BCUT2D eigenvalue weighted by Gasteiger charge is -2.09. The van der Waals surface area contributed by atoms with E-state index in [-0.39, 0.29) is 11.7 Å². The summed E-state index contributed by atoms with van der Waals surface area (Å²) in [6.07, 6.45) is 0.873. The first kappa shape index (κ1) is 19.0. The molecule has 7 heteroatoms. The Morgan fingerprint density at radius 2 is 1.85 bits per heavy atom. The van der Waals surface area contributed by atoms with Crippen molar-refractivity contribution in [2.24, 2.45) is 7.05 Å². The Morgan fingerprint density at radius 1 is 1.11 bits per heavy atom. The molecule has 1 N–H and O–H groups in total. The summed E-state index contributed by atoms with van der Waals surface area (Å²) in [5.41, 5.74) is 1.98. The van der Waals surface area contributed by atoms with Gasteiger partial charge < -0.3 is 14.6 Å². The zero-order chi connectivity index (χ0) is 19.1. The number of para-hydroxylation sites is 2. The van der Waals surface area contributed by atoms with Crippen LogP contribution in [0.4, 0.5) is 5.69 Å². The van der Waals surface area contributed by atoms with E-state index in [2.05, 4.69) is 22.4 Å². The predicted octanol–water partition coefficient (Wildman–Crippen LogP) is 3.69. The number of aromatic nitrogens is 3. The molecule has 0 aliphatic rings. The molecule has 0 spiro atoms. The number of ether oxygens (including phenoxy) is 1. The molecule has 0 saturated carbocycles. The molecule has 140 valence electrons. The first-order chi connectivity index (χ1) is 13.2. The van der Waals surface area contributed by atoms with Crippen LogP contribution in [-0.4, -0.2) is 26.4 Å². The monoisotopic (exact) mass is 382 g/mol. The van der Waals surface area contributed by atoms with Crippen molar-refractivity contribution in [3.8, 4) is 5.75 Å². The van der Waals surface area contributed by atoms with Gasteiger partial charge in [-0.3, -0.25) is 4.79 Å². The van der Waals surface area contributed by atoms with Gasteiger partial charge in [-0.25, -0.2) is 0 Å². The van der Waals surface area contributed by atoms with E-state index in [9.17, 15) is 4.79 Å². The van der Waals surface area contributed by atoms with Crippen LogP contribution in [0.2, 0.25) is 0 Å². The third-order valence-electron chi connectivity index (χ3n) is 4.04. The van der Waals surface area contributed by atoms with E-state index in [1.54, 1.807) is 0 Å². The smallest absolute Gasteiger partial charge is 0.234 e. The van der Waals surface area contributed by atoms with Crippen molar-refractivity contribution in [1.82, 2.24) is 14.8 Å². The molecular formula is C20H22N4O2S. The average molecular weight is 382 g/mol. The minimum absolute atomic E-state index is 0.0639. The highest BCUT2D eigenvalue weighted by molar-refractivity contribution is 7.99. The van der Waals surface area contributed by atoms with Gasteiger partial charge in [-0.15, -0.1) is 10.2 Å². The second-order valence-electron chi connectivity index (χ2n) is 5.91. The van der Waals surface area contributed by atoms with Gasteiger partial charge in [0, 0.05) is 12.7 Å². The number of amides is 1. The summed E-state index contributed by atoms with van der Waals surface area (Å²) in [4.78, 5) is 12.3. The Labute approximate surface area is 163 Å². The van der Waals surface area contributed by atoms with Gasteiger partial charge in [0.2, 0.25) is 5.91 Å². The molecule has 0 unspecified atom stereocenters. The van der Waals surface area contributed by atoms with Gasteiger partial charge in [0.05, 0.1) is 5.75 Å². The van der Waals surface area contributed by atoms with E-state index >= 15 is 0 Å². The van der Waals surface area contributed by atoms with Crippen molar-refractivity contribution in [1.29, 1.82) is 0 Å². The van der Waals surface area contributed by atoms with Crippen LogP contribution in [0.1, 0.15) is 18.3 Å². The van der Waals surface area contributed by atoms with Crippen LogP contribution >= 0.6 is 11.8 Å². The summed E-state index contributed by atoms with van der Waals surface area (Å²) >= 11 is 1.35. The maximum Gasteiger partial charge on any atom is 0.234 e. The molecule has 1 heterocycles. The lowest BCUT2D eigenvalue weighted by Crippen LogP contribution is -2.15. The molecule has 6 nitrogen and oxygen atoms in total. The summed E-state index contributed by atoms with van der Waals surface area (Å²) in [6, 6.07) is 17.4. The van der Waals surface area contributed by atoms with Gasteiger partial charge in [-0.05, 0) is 30.2 Å². The molecule has 2 aromatic carbocycles. The van der Waals surface area contributed by atoms with Crippen molar-refractivity contribution in [3.63, 3.8) is 0 Å². The van der Waals surface area contributed by atoms with Crippen LogP contribution in [-0.2, 0) is 24.9 Å². The van der Waals surface area contributed by atoms with E-state index < -0.39 is 0 Å². The average Bonchev–Trinajstić information content (AvgIpc) is 3.05. The Balaban J connectivity index is 1.54. The highest BCUT2D eigenvalue weighted by atomic mass is 32.2. The van der Waals surface area contributed by atoms with E-state index in [0.717, 1.165) is 23.4 Å².